The zero-order chi connectivity index (χ0) is 28.3. The summed E-state index contributed by atoms with van der Waals surface area (Å²) in [5.41, 5.74) is 4.49. The van der Waals surface area contributed by atoms with Gasteiger partial charge in [0.15, 0.2) is 5.82 Å². The zero-order valence-corrected chi connectivity index (χ0v) is 25.1. The molecule has 4 aromatic rings. The van der Waals surface area contributed by atoms with Gasteiger partial charge in [-0.1, -0.05) is 23.4 Å². The summed E-state index contributed by atoms with van der Waals surface area (Å²) in [4.78, 5) is 25.9. The van der Waals surface area contributed by atoms with E-state index in [1.54, 1.807) is 11.3 Å². The molecule has 0 spiro atoms. The highest BCUT2D eigenvalue weighted by Crippen LogP contribution is 2.58. The van der Waals surface area contributed by atoms with Gasteiger partial charge in [-0.2, -0.15) is 4.98 Å². The summed E-state index contributed by atoms with van der Waals surface area (Å²) >= 11 is 1.73. The minimum absolute atomic E-state index is 0.0147. The van der Waals surface area contributed by atoms with Gasteiger partial charge in [-0.3, -0.25) is 4.79 Å². The minimum atomic E-state index is 0.0147. The Balaban J connectivity index is 1.08. The van der Waals surface area contributed by atoms with Gasteiger partial charge in [-0.15, -0.1) is 11.3 Å². The van der Waals surface area contributed by atoms with Crippen LogP contribution in [0.3, 0.4) is 0 Å². The van der Waals surface area contributed by atoms with Crippen LogP contribution in [0.4, 0.5) is 5.69 Å². The molecular formula is C34H38N4O3S. The third kappa shape index (κ3) is 4.77. The highest BCUT2D eigenvalue weighted by molar-refractivity contribution is 7.18. The van der Waals surface area contributed by atoms with E-state index in [0.29, 0.717) is 19.1 Å². The normalized spacial score (nSPS) is 26.1. The third-order valence-electron chi connectivity index (χ3n) is 10.6. The Hall–Kier alpha value is -3.10. The maximum atomic E-state index is 14.3. The highest BCUT2D eigenvalue weighted by atomic mass is 32.1. The Morgan fingerprint density at radius 1 is 0.952 bits per heavy atom. The van der Waals surface area contributed by atoms with E-state index in [1.165, 1.54) is 17.5 Å². The largest absolute Gasteiger partial charge is 0.381 e. The van der Waals surface area contributed by atoms with Crippen LogP contribution in [0.1, 0.15) is 86.8 Å². The van der Waals surface area contributed by atoms with Crippen LogP contribution in [0, 0.1) is 18.3 Å². The number of carbonyl (C=O) groups is 1. The first-order chi connectivity index (χ1) is 20.5. The number of aryl methyl sites for hydroxylation is 1. The van der Waals surface area contributed by atoms with Gasteiger partial charge < -0.3 is 14.2 Å². The van der Waals surface area contributed by atoms with Crippen LogP contribution in [0.2, 0.25) is 0 Å². The lowest BCUT2D eigenvalue weighted by Crippen LogP contribution is -2.52. The molecule has 42 heavy (non-hydrogen) atoms. The molecule has 0 N–H and O–H groups in total. The molecule has 2 aromatic heterocycles. The van der Waals surface area contributed by atoms with Crippen LogP contribution in [-0.2, 0) is 14.9 Å². The predicted molar refractivity (Wildman–Crippen MR) is 164 cm³/mol. The fourth-order valence-corrected chi connectivity index (χ4v) is 8.51. The van der Waals surface area contributed by atoms with Crippen LogP contribution in [0.25, 0.3) is 21.3 Å². The fourth-order valence-electron chi connectivity index (χ4n) is 7.65. The molecule has 5 fully saturated rings. The van der Waals surface area contributed by atoms with Crippen molar-refractivity contribution in [3.05, 3.63) is 59.2 Å². The average molecular weight is 583 g/mol. The SMILES string of the molecule is Cc1nc2ccc(-c3cccc(N(CC45CCC(c6nc(C7CC7)no6)(CC4)CC5)C(=O)C4CCOCC4)c3)cc2s1. The van der Waals surface area contributed by atoms with E-state index in [9.17, 15) is 4.79 Å². The van der Waals surface area contributed by atoms with E-state index < -0.39 is 0 Å². The number of anilines is 1. The number of ether oxygens (including phenoxy) is 1. The van der Waals surface area contributed by atoms with E-state index in [2.05, 4.69) is 64.4 Å². The van der Waals surface area contributed by atoms with Gasteiger partial charge in [0.1, 0.15) is 0 Å². The molecule has 4 saturated carbocycles. The van der Waals surface area contributed by atoms with Crippen molar-refractivity contribution in [1.82, 2.24) is 15.1 Å². The number of rotatable bonds is 7. The molecule has 9 rings (SSSR count). The number of hydrogen-bond acceptors (Lipinski definition) is 7. The molecule has 2 bridgehead atoms. The maximum absolute atomic E-state index is 14.3. The Labute approximate surface area is 250 Å². The number of carbonyl (C=O) groups excluding carboxylic acids is 1. The standard InChI is InChI=1S/C34H38N4O3S/c1-22-35-28-8-7-26(20-29(28)42-22)25-3-2-4-27(19-25)38(31(39)24-9-17-40-18-10-24)21-33-11-14-34(15-12-33,16-13-33)32-36-30(37-41-32)23-5-6-23/h2-4,7-8,19-20,23-24H,5-6,9-18,21H2,1H3. The van der Waals surface area contributed by atoms with Crippen molar-refractivity contribution >= 4 is 33.1 Å². The van der Waals surface area contributed by atoms with Gasteiger partial charge in [0.25, 0.3) is 0 Å². The molecule has 8 heteroatoms. The van der Waals surface area contributed by atoms with Gasteiger partial charge in [0.2, 0.25) is 11.8 Å². The van der Waals surface area contributed by atoms with Crippen LogP contribution in [0.5, 0.6) is 0 Å². The summed E-state index contributed by atoms with van der Waals surface area (Å²) in [5.74, 6) is 2.57. The summed E-state index contributed by atoms with van der Waals surface area (Å²) < 4.78 is 12.7. The topological polar surface area (TPSA) is 81.4 Å². The lowest BCUT2D eigenvalue weighted by Gasteiger charge is -2.53. The van der Waals surface area contributed by atoms with Crippen molar-refractivity contribution in [2.45, 2.75) is 82.5 Å². The smallest absolute Gasteiger partial charge is 0.232 e. The van der Waals surface area contributed by atoms with Crippen molar-refractivity contribution in [3.63, 3.8) is 0 Å². The van der Waals surface area contributed by atoms with Crippen molar-refractivity contribution in [1.29, 1.82) is 0 Å². The van der Waals surface area contributed by atoms with Gasteiger partial charge in [-0.25, -0.2) is 4.98 Å². The highest BCUT2D eigenvalue weighted by Gasteiger charge is 2.53. The Kier molecular flexibility index (Phi) is 6.48. The summed E-state index contributed by atoms with van der Waals surface area (Å²) in [6, 6.07) is 15.1. The lowest BCUT2D eigenvalue weighted by molar-refractivity contribution is -0.126. The summed E-state index contributed by atoms with van der Waals surface area (Å²) in [6.07, 6.45) is 10.4. The molecule has 3 heterocycles. The first-order valence-electron chi connectivity index (χ1n) is 15.7. The molecule has 1 aliphatic heterocycles. The van der Waals surface area contributed by atoms with Crippen molar-refractivity contribution in [2.24, 2.45) is 11.3 Å². The van der Waals surface area contributed by atoms with E-state index in [1.807, 2.05) is 0 Å². The second kappa shape index (κ2) is 10.3. The second-order valence-corrected chi connectivity index (χ2v) is 14.5. The molecular weight excluding hydrogens is 544 g/mol. The van der Waals surface area contributed by atoms with Crippen LogP contribution < -0.4 is 4.90 Å². The van der Waals surface area contributed by atoms with Crippen molar-refractivity contribution in [2.75, 3.05) is 24.7 Å². The van der Waals surface area contributed by atoms with Crippen LogP contribution >= 0.6 is 11.3 Å². The maximum Gasteiger partial charge on any atom is 0.232 e. The molecule has 218 valence electrons. The molecule has 1 saturated heterocycles. The number of hydrogen-bond donors (Lipinski definition) is 0. The van der Waals surface area contributed by atoms with E-state index in [-0.39, 0.29) is 22.7 Å². The minimum Gasteiger partial charge on any atom is -0.381 e. The predicted octanol–water partition coefficient (Wildman–Crippen LogP) is 7.58. The Morgan fingerprint density at radius 3 is 2.48 bits per heavy atom. The van der Waals surface area contributed by atoms with E-state index >= 15 is 0 Å². The molecule has 0 atom stereocenters. The zero-order valence-electron chi connectivity index (χ0n) is 24.3. The number of thiazole rings is 1. The van der Waals surface area contributed by atoms with Gasteiger partial charge >= 0.3 is 0 Å². The first-order valence-corrected chi connectivity index (χ1v) is 16.5. The number of aromatic nitrogens is 3. The van der Waals surface area contributed by atoms with Gasteiger partial charge in [-0.05, 0) is 112 Å². The number of nitrogens with zero attached hydrogens (tertiary/aromatic N) is 4. The van der Waals surface area contributed by atoms with Crippen LogP contribution in [-0.4, -0.2) is 40.8 Å². The molecule has 1 amide bonds. The second-order valence-electron chi connectivity index (χ2n) is 13.3. The number of fused-ring (bicyclic) bond motifs is 4. The van der Waals surface area contributed by atoms with Crippen LogP contribution in [0.15, 0.2) is 47.0 Å². The van der Waals surface area contributed by atoms with E-state index in [4.69, 9.17) is 14.2 Å². The number of amides is 1. The molecule has 0 unspecified atom stereocenters. The Morgan fingerprint density at radius 2 is 1.71 bits per heavy atom. The van der Waals surface area contributed by atoms with Gasteiger partial charge in [0, 0.05) is 42.7 Å². The summed E-state index contributed by atoms with van der Waals surface area (Å²) in [5, 5.41) is 5.42. The third-order valence-corrected chi connectivity index (χ3v) is 11.5. The summed E-state index contributed by atoms with van der Waals surface area (Å²) in [6.45, 7) is 4.16. The molecule has 2 aromatic carbocycles. The van der Waals surface area contributed by atoms with Crippen molar-refractivity contribution in [3.8, 4) is 11.1 Å². The quantitative estimate of drug-likeness (QED) is 0.223. The molecule has 5 aliphatic rings. The lowest BCUT2D eigenvalue weighted by atomic mass is 9.53. The monoisotopic (exact) mass is 582 g/mol. The molecule has 4 aliphatic carbocycles. The van der Waals surface area contributed by atoms with Gasteiger partial charge in [0.05, 0.1) is 15.2 Å². The fraction of sp³-hybridized carbons (Fsp3) is 0.529. The number of benzene rings is 2. The Bertz CT molecular complexity index is 1610. The molecule has 7 nitrogen and oxygen atoms in total. The average Bonchev–Trinajstić information content (AvgIpc) is 3.63. The first kappa shape index (κ1) is 26.5. The van der Waals surface area contributed by atoms with E-state index in [0.717, 1.165) is 97.0 Å². The summed E-state index contributed by atoms with van der Waals surface area (Å²) in [7, 11) is 0. The van der Waals surface area contributed by atoms with Crippen molar-refractivity contribution < 1.29 is 14.1 Å². The molecule has 0 radical (unpaired) electrons.